The highest BCUT2D eigenvalue weighted by Crippen LogP contribution is 2.35. The van der Waals surface area contributed by atoms with Crippen molar-refractivity contribution in [3.63, 3.8) is 0 Å². The van der Waals surface area contributed by atoms with Crippen molar-refractivity contribution >= 4 is 24.2 Å². The van der Waals surface area contributed by atoms with E-state index < -0.39 is 0 Å². The Hall–Kier alpha value is -2.95. The van der Waals surface area contributed by atoms with Gasteiger partial charge in [0.25, 0.3) is 12.4 Å². The third-order valence-electron chi connectivity index (χ3n) is 6.18. The second kappa shape index (κ2) is 11.1. The van der Waals surface area contributed by atoms with Gasteiger partial charge in [0, 0.05) is 57.9 Å². The molecule has 0 unspecified atom stereocenters. The quantitative estimate of drug-likeness (QED) is 0.476. The second-order valence-electron chi connectivity index (χ2n) is 8.58. The van der Waals surface area contributed by atoms with E-state index >= 15 is 0 Å². The van der Waals surface area contributed by atoms with E-state index in [1.54, 1.807) is 28.9 Å². The first-order chi connectivity index (χ1) is 15.4. The van der Waals surface area contributed by atoms with Gasteiger partial charge in [-0.15, -0.1) is 0 Å². The second-order valence-corrected chi connectivity index (χ2v) is 8.58. The van der Waals surface area contributed by atoms with E-state index in [4.69, 9.17) is 9.90 Å². The summed E-state index contributed by atoms with van der Waals surface area (Å²) in [6, 6.07) is 2.14. The highest BCUT2D eigenvalue weighted by Gasteiger charge is 2.39. The minimum absolute atomic E-state index is 0.0591. The Bertz CT molecular complexity index is 823. The van der Waals surface area contributed by atoms with Crippen LogP contribution in [-0.2, 0) is 21.4 Å². The Labute approximate surface area is 187 Å². The molecule has 2 aliphatic heterocycles. The number of rotatable bonds is 7. The molecule has 0 aromatic carbocycles. The monoisotopic (exact) mass is 448 g/mol. The van der Waals surface area contributed by atoms with Crippen LogP contribution in [0.1, 0.15) is 42.6 Å². The van der Waals surface area contributed by atoms with E-state index in [-0.39, 0.29) is 42.8 Å². The summed E-state index contributed by atoms with van der Waals surface area (Å²) in [5, 5.41) is 16.8. The summed E-state index contributed by atoms with van der Waals surface area (Å²) in [5.41, 5.74) is 0.425. The SMILES string of the molecule is Cn1ccc(C(=O)NC[C@@H]2CC[C@H](CC(=O)N3CCNC(=O)C3)N2CC2CC2)n1.O=CO. The summed E-state index contributed by atoms with van der Waals surface area (Å²) in [5.74, 6) is 0.529. The van der Waals surface area contributed by atoms with Gasteiger partial charge in [-0.2, -0.15) is 5.10 Å². The molecule has 0 bridgehead atoms. The van der Waals surface area contributed by atoms with Crippen molar-refractivity contribution in [2.75, 3.05) is 32.7 Å². The van der Waals surface area contributed by atoms with Gasteiger partial charge >= 0.3 is 0 Å². The fourth-order valence-electron chi connectivity index (χ4n) is 4.37. The number of nitrogens with zero attached hydrogens (tertiary/aromatic N) is 4. The van der Waals surface area contributed by atoms with Crippen LogP contribution in [0.15, 0.2) is 12.3 Å². The maximum Gasteiger partial charge on any atom is 0.290 e. The fraction of sp³-hybridized carbons (Fsp3) is 0.667. The van der Waals surface area contributed by atoms with Gasteiger partial charge in [0.1, 0.15) is 5.69 Å². The van der Waals surface area contributed by atoms with Crippen molar-refractivity contribution in [3.05, 3.63) is 18.0 Å². The number of aromatic nitrogens is 2. The van der Waals surface area contributed by atoms with Gasteiger partial charge in [-0.3, -0.25) is 28.8 Å². The first-order valence-corrected chi connectivity index (χ1v) is 11.1. The molecule has 2 atom stereocenters. The Balaban J connectivity index is 0.000000913. The number of carbonyl (C=O) groups excluding carboxylic acids is 3. The first kappa shape index (κ1) is 23.7. The molecule has 0 spiro atoms. The molecule has 11 heteroatoms. The normalized spacial score (nSPS) is 23.2. The van der Waals surface area contributed by atoms with Crippen molar-refractivity contribution in [3.8, 4) is 0 Å². The average molecular weight is 449 g/mol. The maximum absolute atomic E-state index is 12.7. The third-order valence-corrected chi connectivity index (χ3v) is 6.18. The first-order valence-electron chi connectivity index (χ1n) is 11.1. The van der Waals surface area contributed by atoms with Crippen LogP contribution in [0.3, 0.4) is 0 Å². The largest absolute Gasteiger partial charge is 0.483 e. The molecule has 3 heterocycles. The van der Waals surface area contributed by atoms with Crippen molar-refractivity contribution in [2.24, 2.45) is 13.0 Å². The van der Waals surface area contributed by atoms with E-state index in [2.05, 4.69) is 20.6 Å². The summed E-state index contributed by atoms with van der Waals surface area (Å²) < 4.78 is 1.62. The average Bonchev–Trinajstić information content (AvgIpc) is 3.36. The zero-order valence-corrected chi connectivity index (χ0v) is 18.4. The van der Waals surface area contributed by atoms with Crippen molar-refractivity contribution in [2.45, 2.75) is 44.2 Å². The summed E-state index contributed by atoms with van der Waals surface area (Å²) in [4.78, 5) is 49.1. The standard InChI is InChI=1S/C20H30N6O3.CH2O2/c1-24-8-6-17(23-24)20(29)22-11-16-5-4-15(26(16)12-14-2-3-14)10-19(28)25-9-7-21-18(27)13-25;2-1-3/h6,8,14-16H,2-5,7,9-13H2,1H3,(H,21,27)(H,22,29);1H,(H,2,3)/t15-,16+;/m1./s1. The topological polar surface area (TPSA) is 137 Å². The zero-order valence-electron chi connectivity index (χ0n) is 18.4. The third kappa shape index (κ3) is 6.52. The van der Waals surface area contributed by atoms with Gasteiger partial charge in [0.2, 0.25) is 11.8 Å². The van der Waals surface area contributed by atoms with Crippen LogP contribution in [0.5, 0.6) is 0 Å². The zero-order chi connectivity index (χ0) is 23.1. The van der Waals surface area contributed by atoms with Gasteiger partial charge < -0.3 is 20.6 Å². The minimum atomic E-state index is -0.250. The molecular weight excluding hydrogens is 416 g/mol. The van der Waals surface area contributed by atoms with Gasteiger partial charge in [-0.05, 0) is 37.7 Å². The minimum Gasteiger partial charge on any atom is -0.483 e. The molecule has 1 aliphatic carbocycles. The molecule has 3 fully saturated rings. The van der Waals surface area contributed by atoms with E-state index in [1.165, 1.54) is 12.8 Å². The predicted octanol–water partition coefficient (Wildman–Crippen LogP) is -0.558. The number of aryl methyl sites for hydroxylation is 1. The summed E-state index contributed by atoms with van der Waals surface area (Å²) in [7, 11) is 1.79. The number of amides is 3. The van der Waals surface area contributed by atoms with Crippen LogP contribution in [0.2, 0.25) is 0 Å². The van der Waals surface area contributed by atoms with Crippen LogP contribution in [0.25, 0.3) is 0 Å². The van der Waals surface area contributed by atoms with Crippen molar-refractivity contribution < 1.29 is 24.3 Å². The molecule has 176 valence electrons. The Morgan fingerprint density at radius 1 is 1.28 bits per heavy atom. The van der Waals surface area contributed by atoms with Crippen LogP contribution >= 0.6 is 0 Å². The van der Waals surface area contributed by atoms with Crippen molar-refractivity contribution in [1.82, 2.24) is 30.2 Å². The van der Waals surface area contributed by atoms with Gasteiger partial charge in [-0.1, -0.05) is 0 Å². The lowest BCUT2D eigenvalue weighted by Crippen LogP contribution is -2.51. The molecule has 11 nitrogen and oxygen atoms in total. The van der Waals surface area contributed by atoms with Gasteiger partial charge in [0.15, 0.2) is 0 Å². The number of nitrogens with one attached hydrogen (secondary N) is 2. The van der Waals surface area contributed by atoms with Crippen LogP contribution < -0.4 is 10.6 Å². The number of likely N-dealkylation sites (tertiary alicyclic amines) is 1. The lowest BCUT2D eigenvalue weighted by Gasteiger charge is -2.32. The summed E-state index contributed by atoms with van der Waals surface area (Å²) >= 11 is 0. The molecule has 1 saturated carbocycles. The molecule has 1 aromatic rings. The molecule has 32 heavy (non-hydrogen) atoms. The van der Waals surface area contributed by atoms with Crippen LogP contribution in [0.4, 0.5) is 0 Å². The van der Waals surface area contributed by atoms with E-state index in [9.17, 15) is 14.4 Å². The molecule has 3 aliphatic rings. The Morgan fingerprint density at radius 3 is 2.62 bits per heavy atom. The number of hydrogen-bond acceptors (Lipinski definition) is 6. The fourth-order valence-corrected chi connectivity index (χ4v) is 4.37. The number of carbonyl (C=O) groups is 4. The van der Waals surface area contributed by atoms with Crippen LogP contribution in [-0.4, -0.2) is 93.7 Å². The lowest BCUT2D eigenvalue weighted by molar-refractivity contribution is -0.139. The molecular formula is C21H32N6O5. The van der Waals surface area contributed by atoms with Gasteiger partial charge in [-0.25, -0.2) is 0 Å². The van der Waals surface area contributed by atoms with Crippen LogP contribution in [0, 0.1) is 5.92 Å². The van der Waals surface area contributed by atoms with Crippen molar-refractivity contribution in [1.29, 1.82) is 0 Å². The highest BCUT2D eigenvalue weighted by molar-refractivity contribution is 5.92. The lowest BCUT2D eigenvalue weighted by atomic mass is 10.1. The number of carboxylic acid groups (broad SMARTS) is 1. The molecule has 3 N–H and O–H groups in total. The highest BCUT2D eigenvalue weighted by atomic mass is 16.3. The number of hydrogen-bond donors (Lipinski definition) is 3. The summed E-state index contributed by atoms with van der Waals surface area (Å²) in [6.45, 7) is 2.59. The summed E-state index contributed by atoms with van der Waals surface area (Å²) in [6.07, 6.45) is 6.61. The number of piperazine rings is 1. The van der Waals surface area contributed by atoms with Gasteiger partial charge in [0.05, 0.1) is 6.54 Å². The van der Waals surface area contributed by atoms with E-state index in [1.807, 2.05) is 0 Å². The Morgan fingerprint density at radius 2 is 2.00 bits per heavy atom. The molecule has 1 aromatic heterocycles. The maximum atomic E-state index is 12.7. The predicted molar refractivity (Wildman–Crippen MR) is 115 cm³/mol. The Kier molecular flexibility index (Phi) is 8.20. The van der Waals surface area contributed by atoms with E-state index in [0.717, 1.165) is 19.4 Å². The van der Waals surface area contributed by atoms with E-state index in [0.29, 0.717) is 37.7 Å². The molecule has 2 saturated heterocycles. The smallest absolute Gasteiger partial charge is 0.290 e. The molecule has 4 rings (SSSR count). The molecule has 0 radical (unpaired) electrons. The molecule has 3 amide bonds.